The van der Waals surface area contributed by atoms with Gasteiger partial charge in [-0.3, -0.25) is 10.0 Å². The molecule has 0 bridgehead atoms. The van der Waals surface area contributed by atoms with Gasteiger partial charge in [0.05, 0.1) is 22.2 Å². The minimum Gasteiger partial charge on any atom is -0.322 e. The molecule has 0 atom stereocenters. The Morgan fingerprint density at radius 3 is 2.52 bits per heavy atom. The zero-order valence-corrected chi connectivity index (χ0v) is 13.6. The highest BCUT2D eigenvalue weighted by atomic mass is 35.5. The number of amides is 2. The Morgan fingerprint density at radius 2 is 1.96 bits per heavy atom. The zero-order chi connectivity index (χ0) is 17.0. The number of nitrogens with two attached hydrogens (primary N) is 1. The third kappa shape index (κ3) is 4.90. The Kier molecular flexibility index (Phi) is 6.01. The van der Waals surface area contributed by atoms with E-state index in [2.05, 4.69) is 10.2 Å². The van der Waals surface area contributed by atoms with E-state index in [4.69, 9.17) is 16.7 Å². The van der Waals surface area contributed by atoms with Crippen LogP contribution in [0.4, 0.5) is 23.7 Å². The Balaban J connectivity index is 2.01. The van der Waals surface area contributed by atoms with Gasteiger partial charge in [0, 0.05) is 26.2 Å². The number of carbonyl (C=O) groups excluding carboxylic acids is 1. The lowest BCUT2D eigenvalue weighted by Crippen LogP contribution is -2.49. The summed E-state index contributed by atoms with van der Waals surface area (Å²) in [6.07, 6.45) is -4.49. The fourth-order valence-electron chi connectivity index (χ4n) is 2.18. The summed E-state index contributed by atoms with van der Waals surface area (Å²) in [6, 6.07) is 2.37. The Hall–Kier alpha value is -1.16. The molecule has 10 heteroatoms. The van der Waals surface area contributed by atoms with Crippen molar-refractivity contribution < 1.29 is 18.0 Å². The summed E-state index contributed by atoms with van der Waals surface area (Å²) in [5.41, 5.74) is -0.909. The molecule has 0 aliphatic carbocycles. The molecule has 5 nitrogen and oxygen atoms in total. The van der Waals surface area contributed by atoms with Gasteiger partial charge in [-0.1, -0.05) is 23.5 Å². The number of nitrogens with zero attached hydrogens (tertiary/aromatic N) is 2. The first-order chi connectivity index (χ1) is 10.8. The molecule has 0 radical (unpaired) electrons. The molecule has 1 heterocycles. The van der Waals surface area contributed by atoms with Gasteiger partial charge in [-0.05, 0) is 18.2 Å². The van der Waals surface area contributed by atoms with Crippen LogP contribution in [0.15, 0.2) is 18.2 Å². The van der Waals surface area contributed by atoms with Crippen LogP contribution in [0.1, 0.15) is 5.56 Å². The Bertz CT molecular complexity index is 565. The van der Waals surface area contributed by atoms with E-state index in [0.717, 1.165) is 18.2 Å². The highest BCUT2D eigenvalue weighted by Crippen LogP contribution is 2.33. The van der Waals surface area contributed by atoms with E-state index in [-0.39, 0.29) is 10.7 Å². The maximum Gasteiger partial charge on any atom is 0.416 e. The monoisotopic (exact) mass is 368 g/mol. The minimum atomic E-state index is -4.49. The van der Waals surface area contributed by atoms with Gasteiger partial charge in [-0.25, -0.2) is 4.79 Å². The molecule has 1 aliphatic rings. The number of anilines is 1. The first kappa shape index (κ1) is 18.2. The maximum atomic E-state index is 12.7. The van der Waals surface area contributed by atoms with Crippen molar-refractivity contribution in [3.8, 4) is 0 Å². The Labute approximate surface area is 141 Å². The fraction of sp³-hybridized carbons (Fsp3) is 0.462. The molecule has 1 aromatic carbocycles. The van der Waals surface area contributed by atoms with Crippen LogP contribution >= 0.6 is 23.5 Å². The molecule has 0 spiro atoms. The van der Waals surface area contributed by atoms with Crippen molar-refractivity contribution in [2.24, 2.45) is 5.14 Å². The first-order valence-electron chi connectivity index (χ1n) is 6.78. The summed E-state index contributed by atoms with van der Waals surface area (Å²) in [5.74, 6) is 0.676. The van der Waals surface area contributed by atoms with Crippen LogP contribution in [0.25, 0.3) is 0 Å². The number of urea groups is 1. The third-order valence-electron chi connectivity index (χ3n) is 3.45. The molecule has 1 aliphatic heterocycles. The molecule has 128 valence electrons. The van der Waals surface area contributed by atoms with Crippen molar-refractivity contribution in [1.29, 1.82) is 0 Å². The molecule has 1 fully saturated rings. The standard InChI is InChI=1S/C13H16ClF3N4OS/c14-10-2-1-9(13(15,16)17)7-11(10)19-12(22)21-5-3-20(4-6-21)8-23-18/h1-2,7H,3-6,8,18H2,(H,19,22). The van der Waals surface area contributed by atoms with Crippen molar-refractivity contribution in [2.45, 2.75) is 6.18 Å². The topological polar surface area (TPSA) is 61.6 Å². The molecular formula is C13H16ClF3N4OS. The number of benzene rings is 1. The fourth-order valence-corrected chi connectivity index (χ4v) is 2.81. The van der Waals surface area contributed by atoms with E-state index < -0.39 is 17.8 Å². The molecule has 23 heavy (non-hydrogen) atoms. The number of halogens is 4. The third-order valence-corrected chi connectivity index (χ3v) is 4.30. The molecule has 2 rings (SSSR count). The van der Waals surface area contributed by atoms with E-state index in [1.807, 2.05) is 0 Å². The molecule has 0 unspecified atom stereocenters. The van der Waals surface area contributed by atoms with E-state index in [9.17, 15) is 18.0 Å². The smallest absolute Gasteiger partial charge is 0.322 e. The van der Waals surface area contributed by atoms with Gasteiger partial charge in [-0.2, -0.15) is 13.2 Å². The molecule has 2 amide bonds. The summed E-state index contributed by atoms with van der Waals surface area (Å²) >= 11 is 7.08. The van der Waals surface area contributed by atoms with Crippen molar-refractivity contribution in [3.63, 3.8) is 0 Å². The van der Waals surface area contributed by atoms with Crippen LogP contribution in [0.3, 0.4) is 0 Å². The number of nitrogens with one attached hydrogen (secondary N) is 1. The first-order valence-corrected chi connectivity index (χ1v) is 8.20. The van der Waals surface area contributed by atoms with Crippen LogP contribution in [0, 0.1) is 0 Å². The number of hydrogen-bond acceptors (Lipinski definition) is 4. The van der Waals surface area contributed by atoms with Crippen molar-refractivity contribution in [2.75, 3.05) is 37.4 Å². The van der Waals surface area contributed by atoms with Gasteiger partial charge >= 0.3 is 12.2 Å². The maximum absolute atomic E-state index is 12.7. The van der Waals surface area contributed by atoms with E-state index in [1.165, 1.54) is 16.8 Å². The lowest BCUT2D eigenvalue weighted by Gasteiger charge is -2.34. The van der Waals surface area contributed by atoms with Crippen LogP contribution in [0.2, 0.25) is 5.02 Å². The van der Waals surface area contributed by atoms with Gasteiger partial charge in [0.15, 0.2) is 0 Å². The van der Waals surface area contributed by atoms with Gasteiger partial charge < -0.3 is 10.2 Å². The molecular weight excluding hydrogens is 353 g/mol. The lowest BCUT2D eigenvalue weighted by atomic mass is 10.2. The van der Waals surface area contributed by atoms with E-state index in [0.29, 0.717) is 32.1 Å². The summed E-state index contributed by atoms with van der Waals surface area (Å²) < 4.78 is 38.2. The van der Waals surface area contributed by atoms with E-state index >= 15 is 0 Å². The summed E-state index contributed by atoms with van der Waals surface area (Å²) in [7, 11) is 0. The van der Waals surface area contributed by atoms with Gasteiger partial charge in [0.25, 0.3) is 0 Å². The van der Waals surface area contributed by atoms with Crippen LogP contribution in [0.5, 0.6) is 0 Å². The number of carbonyl (C=O) groups is 1. The number of alkyl halides is 3. The quantitative estimate of drug-likeness (QED) is 0.805. The van der Waals surface area contributed by atoms with Gasteiger partial charge in [0.2, 0.25) is 0 Å². The highest BCUT2D eigenvalue weighted by Gasteiger charge is 2.31. The summed E-state index contributed by atoms with van der Waals surface area (Å²) in [5, 5.41) is 7.90. The minimum absolute atomic E-state index is 0.0496. The second-order valence-corrected chi connectivity index (χ2v) is 6.02. The molecule has 1 aromatic rings. The lowest BCUT2D eigenvalue weighted by molar-refractivity contribution is -0.137. The molecule has 1 saturated heterocycles. The second-order valence-electron chi connectivity index (χ2n) is 5.02. The van der Waals surface area contributed by atoms with Crippen molar-refractivity contribution in [1.82, 2.24) is 9.80 Å². The van der Waals surface area contributed by atoms with Crippen molar-refractivity contribution in [3.05, 3.63) is 28.8 Å². The summed E-state index contributed by atoms with van der Waals surface area (Å²) in [6.45, 7) is 2.27. The second kappa shape index (κ2) is 7.61. The van der Waals surface area contributed by atoms with Gasteiger partial charge in [0.1, 0.15) is 0 Å². The normalized spacial score (nSPS) is 16.5. The Morgan fingerprint density at radius 1 is 1.30 bits per heavy atom. The summed E-state index contributed by atoms with van der Waals surface area (Å²) in [4.78, 5) is 15.8. The van der Waals surface area contributed by atoms with Crippen LogP contribution < -0.4 is 10.5 Å². The average Bonchev–Trinajstić information content (AvgIpc) is 2.49. The zero-order valence-electron chi connectivity index (χ0n) is 12.1. The largest absolute Gasteiger partial charge is 0.416 e. The molecule has 0 aromatic heterocycles. The molecule has 0 saturated carbocycles. The predicted octanol–water partition coefficient (Wildman–Crippen LogP) is 3.07. The van der Waals surface area contributed by atoms with E-state index in [1.54, 1.807) is 0 Å². The number of hydrogen-bond donors (Lipinski definition) is 2. The SMILES string of the molecule is NSCN1CCN(C(=O)Nc2cc(C(F)(F)F)ccc2Cl)CC1. The average molecular weight is 369 g/mol. The molecule has 3 N–H and O–H groups in total. The van der Waals surface area contributed by atoms with Crippen LogP contribution in [-0.4, -0.2) is 47.9 Å². The van der Waals surface area contributed by atoms with Gasteiger partial charge in [-0.15, -0.1) is 0 Å². The van der Waals surface area contributed by atoms with Crippen LogP contribution in [-0.2, 0) is 6.18 Å². The highest BCUT2D eigenvalue weighted by molar-refractivity contribution is 7.97. The number of piperazine rings is 1. The number of rotatable bonds is 3. The van der Waals surface area contributed by atoms with Crippen molar-refractivity contribution >= 4 is 35.3 Å². The predicted molar refractivity (Wildman–Crippen MR) is 85.3 cm³/mol.